The zero-order valence-electron chi connectivity index (χ0n) is 9.88. The van der Waals surface area contributed by atoms with Gasteiger partial charge in [-0.3, -0.25) is 4.79 Å². The number of benzene rings is 2. The van der Waals surface area contributed by atoms with Crippen molar-refractivity contribution in [2.75, 3.05) is 0 Å². The molecule has 3 nitrogen and oxygen atoms in total. The van der Waals surface area contributed by atoms with E-state index in [1.807, 2.05) is 31.2 Å². The zero-order valence-corrected chi connectivity index (χ0v) is 9.88. The maximum Gasteiger partial charge on any atom is 0.323 e. The second kappa shape index (κ2) is 3.88. The van der Waals surface area contributed by atoms with Gasteiger partial charge in [-0.15, -0.1) is 0 Å². The van der Waals surface area contributed by atoms with Crippen LogP contribution in [0.2, 0.25) is 0 Å². The van der Waals surface area contributed by atoms with Crippen molar-refractivity contribution in [3.8, 4) is 11.5 Å². The minimum Gasteiger partial charge on any atom is -0.508 e. The van der Waals surface area contributed by atoms with Crippen molar-refractivity contribution in [1.82, 2.24) is 0 Å². The molecule has 1 N–H and O–H groups in total. The molecular formula is C15H12O3. The fourth-order valence-corrected chi connectivity index (χ4v) is 2.31. The number of hydrogen-bond acceptors (Lipinski definition) is 3. The Labute approximate surface area is 105 Å². The van der Waals surface area contributed by atoms with Gasteiger partial charge in [-0.25, -0.2) is 0 Å². The summed E-state index contributed by atoms with van der Waals surface area (Å²) in [6.45, 7) is 1.98. The third-order valence-corrected chi connectivity index (χ3v) is 3.13. The molecule has 0 aromatic heterocycles. The summed E-state index contributed by atoms with van der Waals surface area (Å²) in [7, 11) is 0. The van der Waals surface area contributed by atoms with Crippen LogP contribution in [0.5, 0.6) is 11.5 Å². The Bertz CT molecular complexity index is 631. The van der Waals surface area contributed by atoms with Crippen LogP contribution in [0.15, 0.2) is 42.5 Å². The Kier molecular flexibility index (Phi) is 2.33. The van der Waals surface area contributed by atoms with E-state index in [1.54, 1.807) is 12.1 Å². The number of hydrogen-bond donors (Lipinski definition) is 1. The van der Waals surface area contributed by atoms with Gasteiger partial charge >= 0.3 is 5.97 Å². The number of phenolic OH excluding ortho intramolecular Hbond substituents is 1. The van der Waals surface area contributed by atoms with Crippen LogP contribution < -0.4 is 4.74 Å². The van der Waals surface area contributed by atoms with Crippen molar-refractivity contribution in [2.24, 2.45) is 0 Å². The Hall–Kier alpha value is -2.29. The molecule has 1 heterocycles. The molecule has 0 bridgehead atoms. The van der Waals surface area contributed by atoms with Crippen LogP contribution in [-0.2, 0) is 4.79 Å². The van der Waals surface area contributed by atoms with E-state index in [0.29, 0.717) is 5.75 Å². The molecule has 2 aromatic carbocycles. The van der Waals surface area contributed by atoms with Crippen LogP contribution in [0.4, 0.5) is 0 Å². The number of esters is 1. The first-order chi connectivity index (χ1) is 8.65. The van der Waals surface area contributed by atoms with Gasteiger partial charge in [0, 0.05) is 5.56 Å². The molecule has 0 saturated heterocycles. The lowest BCUT2D eigenvalue weighted by molar-refractivity contribution is -0.133. The van der Waals surface area contributed by atoms with E-state index in [-0.39, 0.29) is 11.7 Å². The summed E-state index contributed by atoms with van der Waals surface area (Å²) in [5.74, 6) is -0.0535. The second-order valence-corrected chi connectivity index (χ2v) is 4.49. The van der Waals surface area contributed by atoms with Crippen molar-refractivity contribution in [3.63, 3.8) is 0 Å². The summed E-state index contributed by atoms with van der Waals surface area (Å²) in [5.41, 5.74) is 2.71. The second-order valence-electron chi connectivity index (χ2n) is 4.49. The molecule has 1 atom stereocenters. The molecule has 1 unspecified atom stereocenters. The molecular weight excluding hydrogens is 228 g/mol. The topological polar surface area (TPSA) is 46.5 Å². The molecule has 0 spiro atoms. The molecule has 0 fully saturated rings. The van der Waals surface area contributed by atoms with Gasteiger partial charge in [-0.05, 0) is 30.7 Å². The van der Waals surface area contributed by atoms with Crippen molar-refractivity contribution in [1.29, 1.82) is 0 Å². The van der Waals surface area contributed by atoms with Crippen LogP contribution in [0.1, 0.15) is 22.6 Å². The third kappa shape index (κ3) is 1.64. The number of aryl methyl sites for hydroxylation is 1. The lowest BCUT2D eigenvalue weighted by Gasteiger charge is -2.08. The van der Waals surface area contributed by atoms with Gasteiger partial charge in [0.25, 0.3) is 0 Å². The van der Waals surface area contributed by atoms with E-state index < -0.39 is 5.92 Å². The Balaban J connectivity index is 2.14. The monoisotopic (exact) mass is 240 g/mol. The summed E-state index contributed by atoms with van der Waals surface area (Å²) in [4.78, 5) is 12.0. The predicted molar refractivity (Wildman–Crippen MR) is 66.8 cm³/mol. The Morgan fingerprint density at radius 3 is 2.78 bits per heavy atom. The molecule has 3 rings (SSSR count). The van der Waals surface area contributed by atoms with Gasteiger partial charge < -0.3 is 9.84 Å². The SMILES string of the molecule is Cc1cccc(C2C(=O)Oc3ccc(O)cc32)c1. The van der Waals surface area contributed by atoms with Crippen molar-refractivity contribution < 1.29 is 14.6 Å². The summed E-state index contributed by atoms with van der Waals surface area (Å²) in [6, 6.07) is 12.5. The van der Waals surface area contributed by atoms with Gasteiger partial charge in [-0.2, -0.15) is 0 Å². The number of rotatable bonds is 1. The molecule has 1 aliphatic rings. The number of aromatic hydroxyl groups is 1. The summed E-state index contributed by atoms with van der Waals surface area (Å²) >= 11 is 0. The molecule has 0 amide bonds. The average molecular weight is 240 g/mol. The number of fused-ring (bicyclic) bond motifs is 1. The quantitative estimate of drug-likeness (QED) is 0.615. The van der Waals surface area contributed by atoms with E-state index in [9.17, 15) is 9.90 Å². The van der Waals surface area contributed by atoms with Crippen molar-refractivity contribution in [2.45, 2.75) is 12.8 Å². The normalized spacial score (nSPS) is 17.4. The van der Waals surface area contributed by atoms with Crippen LogP contribution in [0.3, 0.4) is 0 Å². The minimum absolute atomic E-state index is 0.143. The number of carbonyl (C=O) groups excluding carboxylic acids is 1. The van der Waals surface area contributed by atoms with Gasteiger partial charge in [0.15, 0.2) is 0 Å². The van der Waals surface area contributed by atoms with Gasteiger partial charge in [0.1, 0.15) is 17.4 Å². The molecule has 0 aliphatic carbocycles. The predicted octanol–water partition coefficient (Wildman–Crippen LogP) is 2.75. The molecule has 18 heavy (non-hydrogen) atoms. The van der Waals surface area contributed by atoms with E-state index in [0.717, 1.165) is 16.7 Å². The number of carbonyl (C=O) groups is 1. The highest BCUT2D eigenvalue weighted by Gasteiger charge is 2.34. The zero-order chi connectivity index (χ0) is 12.7. The molecule has 0 radical (unpaired) electrons. The van der Waals surface area contributed by atoms with Crippen LogP contribution >= 0.6 is 0 Å². The Morgan fingerprint density at radius 2 is 2.00 bits per heavy atom. The molecule has 2 aromatic rings. The van der Waals surface area contributed by atoms with Crippen molar-refractivity contribution in [3.05, 3.63) is 59.2 Å². The summed E-state index contributed by atoms with van der Waals surface area (Å²) in [6.07, 6.45) is 0. The first-order valence-corrected chi connectivity index (χ1v) is 5.76. The number of phenols is 1. The Morgan fingerprint density at radius 1 is 1.17 bits per heavy atom. The third-order valence-electron chi connectivity index (χ3n) is 3.13. The lowest BCUT2D eigenvalue weighted by atomic mass is 9.91. The highest BCUT2D eigenvalue weighted by molar-refractivity contribution is 5.89. The molecule has 0 saturated carbocycles. The fraction of sp³-hybridized carbons (Fsp3) is 0.133. The average Bonchev–Trinajstić information content (AvgIpc) is 2.64. The van der Waals surface area contributed by atoms with E-state index in [1.165, 1.54) is 6.07 Å². The molecule has 3 heteroatoms. The molecule has 90 valence electrons. The maximum atomic E-state index is 12.0. The highest BCUT2D eigenvalue weighted by Crippen LogP contribution is 2.40. The van der Waals surface area contributed by atoms with Gasteiger partial charge in [-0.1, -0.05) is 29.8 Å². The summed E-state index contributed by atoms with van der Waals surface area (Å²) in [5, 5.41) is 9.54. The fourth-order valence-electron chi connectivity index (χ4n) is 2.31. The number of ether oxygens (including phenoxy) is 1. The first kappa shape index (κ1) is 10.8. The minimum atomic E-state index is -0.438. The van der Waals surface area contributed by atoms with Crippen LogP contribution in [0, 0.1) is 6.92 Å². The largest absolute Gasteiger partial charge is 0.508 e. The first-order valence-electron chi connectivity index (χ1n) is 5.76. The highest BCUT2D eigenvalue weighted by atomic mass is 16.5. The van der Waals surface area contributed by atoms with Crippen LogP contribution in [-0.4, -0.2) is 11.1 Å². The lowest BCUT2D eigenvalue weighted by Crippen LogP contribution is -2.11. The van der Waals surface area contributed by atoms with E-state index in [2.05, 4.69) is 0 Å². The van der Waals surface area contributed by atoms with Crippen LogP contribution in [0.25, 0.3) is 0 Å². The van der Waals surface area contributed by atoms with E-state index >= 15 is 0 Å². The van der Waals surface area contributed by atoms with Crippen molar-refractivity contribution >= 4 is 5.97 Å². The van der Waals surface area contributed by atoms with E-state index in [4.69, 9.17) is 4.74 Å². The smallest absolute Gasteiger partial charge is 0.323 e. The standard InChI is InChI=1S/C15H12O3/c1-9-3-2-4-10(7-9)14-12-8-11(16)5-6-13(12)18-15(14)17/h2-8,14,16H,1H3. The maximum absolute atomic E-state index is 12.0. The van der Waals surface area contributed by atoms with Gasteiger partial charge in [0.2, 0.25) is 0 Å². The molecule has 1 aliphatic heterocycles. The van der Waals surface area contributed by atoms with Gasteiger partial charge in [0.05, 0.1) is 0 Å². The summed E-state index contributed by atoms with van der Waals surface area (Å²) < 4.78 is 5.22.